The summed E-state index contributed by atoms with van der Waals surface area (Å²) in [4.78, 5) is 19.9. The van der Waals surface area contributed by atoms with Crippen LogP contribution in [0.3, 0.4) is 0 Å². The van der Waals surface area contributed by atoms with E-state index in [2.05, 4.69) is 25.3 Å². The highest BCUT2D eigenvalue weighted by Crippen LogP contribution is 2.24. The Kier molecular flexibility index (Phi) is 9.70. The van der Waals surface area contributed by atoms with Crippen LogP contribution in [0.2, 0.25) is 0 Å². The quantitative estimate of drug-likeness (QED) is 0.411. The molecule has 1 amide bonds. The van der Waals surface area contributed by atoms with Crippen molar-refractivity contribution in [2.75, 3.05) is 19.6 Å². The van der Waals surface area contributed by atoms with Crippen LogP contribution in [-0.4, -0.2) is 58.8 Å². The Bertz CT molecular complexity index is 994. The van der Waals surface area contributed by atoms with Crippen LogP contribution in [0.4, 0.5) is 0 Å². The summed E-state index contributed by atoms with van der Waals surface area (Å²) in [6.07, 6.45) is 4.22. The fraction of sp³-hybridized carbons (Fsp3) is 0.667. The maximum absolute atomic E-state index is 12.9. The first-order valence-electron chi connectivity index (χ1n) is 12.0. The summed E-state index contributed by atoms with van der Waals surface area (Å²) < 4.78 is 29.3. The van der Waals surface area contributed by atoms with Gasteiger partial charge in [-0.1, -0.05) is 33.6 Å². The molecule has 2 rings (SSSR count). The maximum atomic E-state index is 12.9. The maximum Gasteiger partial charge on any atom is 0.243 e. The lowest BCUT2D eigenvalue weighted by molar-refractivity contribution is -0.133. The zero-order valence-corrected chi connectivity index (χ0v) is 21.4. The predicted octanol–water partition coefficient (Wildman–Crippen LogP) is 4.45. The van der Waals surface area contributed by atoms with Crippen LogP contribution in [-0.2, 0) is 27.8 Å². The topological polar surface area (TPSA) is 75.5 Å². The molecule has 0 atom stereocenters. The number of nitrogens with zero attached hydrogens (tertiary/aromatic N) is 4. The number of carbonyl (C=O) groups excluding carboxylic acids is 1. The average Bonchev–Trinajstić information content (AvgIpc) is 3.12. The molecule has 180 valence electrons. The van der Waals surface area contributed by atoms with Gasteiger partial charge in [-0.2, -0.15) is 4.31 Å². The number of carbonyl (C=O) groups is 1. The molecule has 0 unspecified atom stereocenters. The Labute approximate surface area is 193 Å². The minimum atomic E-state index is -3.54. The Hall–Kier alpha value is -1.93. The van der Waals surface area contributed by atoms with Crippen LogP contribution in [0.1, 0.15) is 73.1 Å². The van der Waals surface area contributed by atoms with Gasteiger partial charge in [0, 0.05) is 45.1 Å². The van der Waals surface area contributed by atoms with Gasteiger partial charge >= 0.3 is 0 Å². The van der Waals surface area contributed by atoms with Gasteiger partial charge in [0.15, 0.2) is 0 Å². The minimum Gasteiger partial charge on any atom is -0.340 e. The van der Waals surface area contributed by atoms with Crippen molar-refractivity contribution in [1.82, 2.24) is 18.8 Å². The largest absolute Gasteiger partial charge is 0.340 e. The number of sulfonamides is 1. The van der Waals surface area contributed by atoms with E-state index in [0.717, 1.165) is 37.1 Å². The lowest BCUT2D eigenvalue weighted by Crippen LogP contribution is -2.38. The molecule has 1 aromatic carbocycles. The molecule has 2 aromatic rings. The van der Waals surface area contributed by atoms with Gasteiger partial charge < -0.3 is 9.47 Å². The van der Waals surface area contributed by atoms with Crippen LogP contribution in [0, 0.1) is 0 Å². The molecule has 1 heterocycles. The first kappa shape index (κ1) is 26.3. The monoisotopic (exact) mass is 464 g/mol. The van der Waals surface area contributed by atoms with Crippen LogP contribution in [0.25, 0.3) is 11.0 Å². The van der Waals surface area contributed by atoms with Crippen molar-refractivity contribution in [2.45, 2.75) is 91.1 Å². The van der Waals surface area contributed by atoms with Crippen molar-refractivity contribution in [3.63, 3.8) is 0 Å². The van der Waals surface area contributed by atoms with Gasteiger partial charge in [0.05, 0.1) is 15.9 Å². The number of amides is 1. The predicted molar refractivity (Wildman–Crippen MR) is 130 cm³/mol. The molecule has 0 spiro atoms. The molecule has 8 heteroatoms. The number of aromatic nitrogens is 2. The van der Waals surface area contributed by atoms with Crippen LogP contribution in [0.5, 0.6) is 0 Å². The summed E-state index contributed by atoms with van der Waals surface area (Å²) in [6, 6.07) is 5.33. The van der Waals surface area contributed by atoms with Crippen molar-refractivity contribution in [3.05, 3.63) is 24.0 Å². The molecule has 0 radical (unpaired) electrons. The number of fused-ring (bicyclic) bond motifs is 1. The van der Waals surface area contributed by atoms with Gasteiger partial charge in [-0.25, -0.2) is 13.4 Å². The average molecular weight is 465 g/mol. The van der Waals surface area contributed by atoms with Gasteiger partial charge in [-0.3, -0.25) is 4.79 Å². The smallest absolute Gasteiger partial charge is 0.243 e. The molecule has 0 bridgehead atoms. The van der Waals surface area contributed by atoms with Crippen molar-refractivity contribution < 1.29 is 13.2 Å². The van der Waals surface area contributed by atoms with Crippen LogP contribution in [0.15, 0.2) is 23.1 Å². The second-order valence-corrected chi connectivity index (χ2v) is 10.3. The number of imidazole rings is 1. The van der Waals surface area contributed by atoms with Gasteiger partial charge in [-0.05, 0) is 45.4 Å². The van der Waals surface area contributed by atoms with E-state index >= 15 is 0 Å². The highest BCUT2D eigenvalue weighted by Gasteiger charge is 2.23. The lowest BCUT2D eigenvalue weighted by Gasteiger charge is -2.27. The molecule has 0 N–H and O–H groups in total. The van der Waals surface area contributed by atoms with Crippen molar-refractivity contribution in [1.29, 1.82) is 0 Å². The third-order valence-electron chi connectivity index (χ3n) is 5.97. The lowest BCUT2D eigenvalue weighted by atomic mass is 10.2. The Morgan fingerprint density at radius 1 is 1.09 bits per heavy atom. The molecule has 32 heavy (non-hydrogen) atoms. The highest BCUT2D eigenvalue weighted by molar-refractivity contribution is 7.89. The summed E-state index contributed by atoms with van der Waals surface area (Å²) >= 11 is 0. The second kappa shape index (κ2) is 11.8. The first-order valence-corrected chi connectivity index (χ1v) is 13.4. The van der Waals surface area contributed by atoms with Crippen molar-refractivity contribution in [3.8, 4) is 0 Å². The fourth-order valence-electron chi connectivity index (χ4n) is 4.14. The van der Waals surface area contributed by atoms with Crippen molar-refractivity contribution >= 4 is 27.0 Å². The summed E-state index contributed by atoms with van der Waals surface area (Å²) in [6.45, 7) is 14.4. The SMILES string of the molecule is CCCCCN(C(=O)CCc1nc2cc(S(=O)(=O)N(CC)CC)ccc2n1CC)C(C)C. The molecule has 0 aliphatic heterocycles. The van der Waals surface area contributed by atoms with E-state index in [1.165, 1.54) is 4.31 Å². The first-order chi connectivity index (χ1) is 15.2. The Morgan fingerprint density at radius 2 is 1.78 bits per heavy atom. The van der Waals surface area contributed by atoms with Crippen LogP contribution < -0.4 is 0 Å². The van der Waals surface area contributed by atoms with Crippen molar-refractivity contribution in [2.24, 2.45) is 0 Å². The molecule has 0 saturated heterocycles. The standard InChI is InChI=1S/C24H40N4O3S/c1-7-11-12-17-28(19(5)6)24(29)16-15-23-25-21-18-20(13-14-22(21)27(23)10-4)32(30,31)26(8-2)9-3/h13-14,18-19H,7-12,15-17H2,1-6H3. The molecule has 0 saturated carbocycles. The second-order valence-electron chi connectivity index (χ2n) is 8.40. The third-order valence-corrected chi connectivity index (χ3v) is 8.01. The van der Waals surface area contributed by atoms with E-state index in [4.69, 9.17) is 4.98 Å². The molecular formula is C24H40N4O3S. The molecular weight excluding hydrogens is 424 g/mol. The zero-order chi connectivity index (χ0) is 23.9. The van der Waals surface area contributed by atoms with Gasteiger partial charge in [-0.15, -0.1) is 0 Å². The van der Waals surface area contributed by atoms with E-state index in [9.17, 15) is 13.2 Å². The summed E-state index contributed by atoms with van der Waals surface area (Å²) in [5.41, 5.74) is 1.56. The summed E-state index contributed by atoms with van der Waals surface area (Å²) in [7, 11) is -3.54. The number of benzene rings is 1. The van der Waals surface area contributed by atoms with Gasteiger partial charge in [0.25, 0.3) is 0 Å². The number of unbranched alkanes of at least 4 members (excludes halogenated alkanes) is 2. The van der Waals surface area contributed by atoms with E-state index < -0.39 is 10.0 Å². The summed E-state index contributed by atoms with van der Waals surface area (Å²) in [5, 5.41) is 0. The number of hydrogen-bond acceptors (Lipinski definition) is 4. The number of rotatable bonds is 13. The Morgan fingerprint density at radius 3 is 2.34 bits per heavy atom. The van der Waals surface area contributed by atoms with Crippen LogP contribution >= 0.6 is 0 Å². The van der Waals surface area contributed by atoms with E-state index in [1.54, 1.807) is 12.1 Å². The van der Waals surface area contributed by atoms with Gasteiger partial charge in [0.2, 0.25) is 15.9 Å². The molecule has 0 aliphatic rings. The molecule has 0 aliphatic carbocycles. The minimum absolute atomic E-state index is 0.149. The zero-order valence-electron chi connectivity index (χ0n) is 20.6. The van der Waals surface area contributed by atoms with E-state index in [-0.39, 0.29) is 16.8 Å². The van der Waals surface area contributed by atoms with E-state index in [1.807, 2.05) is 31.7 Å². The van der Waals surface area contributed by atoms with Gasteiger partial charge in [0.1, 0.15) is 5.82 Å². The summed E-state index contributed by atoms with van der Waals surface area (Å²) in [5.74, 6) is 0.973. The number of hydrogen-bond donors (Lipinski definition) is 0. The molecule has 0 fully saturated rings. The third kappa shape index (κ3) is 5.90. The highest BCUT2D eigenvalue weighted by atomic mass is 32.2. The Balaban J connectivity index is 2.26. The molecule has 1 aromatic heterocycles. The normalized spacial score (nSPS) is 12.2. The number of aryl methyl sites for hydroxylation is 2. The molecule has 7 nitrogen and oxygen atoms in total. The van der Waals surface area contributed by atoms with E-state index in [0.29, 0.717) is 38.0 Å². The fourth-order valence-corrected chi connectivity index (χ4v) is 5.62.